The minimum atomic E-state index is 0.890. The highest BCUT2D eigenvalue weighted by Gasteiger charge is 2.09. The van der Waals surface area contributed by atoms with Gasteiger partial charge in [-0.1, -0.05) is 28.9 Å². The zero-order chi connectivity index (χ0) is 10.1. The summed E-state index contributed by atoms with van der Waals surface area (Å²) in [6.07, 6.45) is 0. The lowest BCUT2D eigenvalue weighted by Crippen LogP contribution is -1.82. The Morgan fingerprint density at radius 2 is 1.93 bits per heavy atom. The summed E-state index contributed by atoms with van der Waals surface area (Å²) in [6, 6.07) is 8.28. The minimum absolute atomic E-state index is 0.890. The predicted molar refractivity (Wildman–Crippen MR) is 56.2 cm³/mol. The quantitative estimate of drug-likeness (QED) is 0.684. The lowest BCUT2D eigenvalue weighted by molar-refractivity contribution is 0.398. The Balaban J connectivity index is 2.55. The van der Waals surface area contributed by atoms with E-state index in [0.29, 0.717) is 0 Å². The van der Waals surface area contributed by atoms with Crippen LogP contribution in [0.25, 0.3) is 11.3 Å². The van der Waals surface area contributed by atoms with Gasteiger partial charge < -0.3 is 4.52 Å². The highest BCUT2D eigenvalue weighted by molar-refractivity contribution is 5.63. The third-order valence-electron chi connectivity index (χ3n) is 2.45. The number of aryl methyl sites for hydroxylation is 2. The van der Waals surface area contributed by atoms with Crippen LogP contribution in [0, 0.1) is 20.8 Å². The van der Waals surface area contributed by atoms with Crippen molar-refractivity contribution >= 4 is 0 Å². The number of benzene rings is 1. The molecule has 0 saturated carbocycles. The van der Waals surface area contributed by atoms with Gasteiger partial charge in [0.15, 0.2) is 0 Å². The molecule has 72 valence electrons. The van der Waals surface area contributed by atoms with Crippen molar-refractivity contribution in [3.05, 3.63) is 41.2 Å². The second kappa shape index (κ2) is 3.29. The SMILES string of the molecule is Cc1cccc(-c2noc(C)c2C)c1. The molecular weight excluding hydrogens is 174 g/mol. The molecule has 2 rings (SSSR count). The number of nitrogens with zero attached hydrogens (tertiary/aromatic N) is 1. The Morgan fingerprint density at radius 1 is 1.14 bits per heavy atom. The van der Waals surface area contributed by atoms with Crippen molar-refractivity contribution in [1.29, 1.82) is 0 Å². The predicted octanol–water partition coefficient (Wildman–Crippen LogP) is 3.27. The summed E-state index contributed by atoms with van der Waals surface area (Å²) in [6.45, 7) is 6.04. The Labute approximate surface area is 83.5 Å². The van der Waals surface area contributed by atoms with Gasteiger partial charge in [0, 0.05) is 11.1 Å². The third-order valence-corrected chi connectivity index (χ3v) is 2.45. The van der Waals surface area contributed by atoms with Crippen LogP contribution < -0.4 is 0 Å². The van der Waals surface area contributed by atoms with Gasteiger partial charge in [0.2, 0.25) is 0 Å². The van der Waals surface area contributed by atoms with Gasteiger partial charge in [0.1, 0.15) is 11.5 Å². The summed E-state index contributed by atoms with van der Waals surface area (Å²) in [5.74, 6) is 0.890. The average molecular weight is 187 g/mol. The molecule has 0 radical (unpaired) electrons. The van der Waals surface area contributed by atoms with Gasteiger partial charge >= 0.3 is 0 Å². The van der Waals surface area contributed by atoms with E-state index in [-0.39, 0.29) is 0 Å². The Hall–Kier alpha value is -1.57. The van der Waals surface area contributed by atoms with Crippen LogP contribution in [-0.2, 0) is 0 Å². The molecule has 0 unspecified atom stereocenters. The van der Waals surface area contributed by atoms with Gasteiger partial charge in [-0.15, -0.1) is 0 Å². The molecule has 2 nitrogen and oxygen atoms in total. The van der Waals surface area contributed by atoms with Gasteiger partial charge in [-0.3, -0.25) is 0 Å². The molecule has 0 aliphatic heterocycles. The van der Waals surface area contributed by atoms with E-state index in [1.54, 1.807) is 0 Å². The van der Waals surface area contributed by atoms with Crippen LogP contribution in [0.15, 0.2) is 28.8 Å². The standard InChI is InChI=1S/C12H13NO/c1-8-5-4-6-11(7-8)12-9(2)10(3)14-13-12/h4-7H,1-3H3. The molecule has 0 bridgehead atoms. The van der Waals surface area contributed by atoms with E-state index >= 15 is 0 Å². The molecule has 0 aliphatic rings. The first-order valence-electron chi connectivity index (χ1n) is 4.68. The maximum absolute atomic E-state index is 5.14. The van der Waals surface area contributed by atoms with E-state index in [4.69, 9.17) is 4.52 Å². The first-order chi connectivity index (χ1) is 6.68. The molecule has 0 spiro atoms. The molecule has 2 heteroatoms. The smallest absolute Gasteiger partial charge is 0.137 e. The molecule has 0 N–H and O–H groups in total. The fraction of sp³-hybridized carbons (Fsp3) is 0.250. The molecule has 2 aromatic rings. The molecule has 1 heterocycles. The third kappa shape index (κ3) is 1.43. The van der Waals surface area contributed by atoms with Crippen molar-refractivity contribution in [2.45, 2.75) is 20.8 Å². The van der Waals surface area contributed by atoms with Crippen LogP contribution >= 0.6 is 0 Å². The topological polar surface area (TPSA) is 26.0 Å². The van der Waals surface area contributed by atoms with Crippen molar-refractivity contribution < 1.29 is 4.52 Å². The summed E-state index contributed by atoms with van der Waals surface area (Å²) >= 11 is 0. The molecule has 0 amide bonds. The highest BCUT2D eigenvalue weighted by Crippen LogP contribution is 2.24. The van der Waals surface area contributed by atoms with Crippen LogP contribution in [0.5, 0.6) is 0 Å². The molecule has 0 saturated heterocycles. The minimum Gasteiger partial charge on any atom is -0.361 e. The largest absolute Gasteiger partial charge is 0.361 e. The van der Waals surface area contributed by atoms with Crippen LogP contribution in [0.2, 0.25) is 0 Å². The second-order valence-electron chi connectivity index (χ2n) is 3.58. The van der Waals surface area contributed by atoms with Crippen LogP contribution in [0.1, 0.15) is 16.9 Å². The molecule has 1 aromatic carbocycles. The zero-order valence-electron chi connectivity index (χ0n) is 8.66. The summed E-state index contributed by atoms with van der Waals surface area (Å²) in [5, 5.41) is 4.05. The number of hydrogen-bond donors (Lipinski definition) is 0. The number of rotatable bonds is 1. The Kier molecular flexibility index (Phi) is 2.12. The van der Waals surface area contributed by atoms with E-state index < -0.39 is 0 Å². The summed E-state index contributed by atoms with van der Waals surface area (Å²) in [4.78, 5) is 0. The number of hydrogen-bond acceptors (Lipinski definition) is 2. The molecule has 0 atom stereocenters. The maximum atomic E-state index is 5.14. The molecule has 0 fully saturated rings. The molecular formula is C12H13NO. The van der Waals surface area contributed by atoms with Crippen molar-refractivity contribution in [3.8, 4) is 11.3 Å². The summed E-state index contributed by atoms with van der Waals surface area (Å²) in [7, 11) is 0. The van der Waals surface area contributed by atoms with Crippen molar-refractivity contribution in [3.63, 3.8) is 0 Å². The van der Waals surface area contributed by atoms with Crippen LogP contribution in [0.3, 0.4) is 0 Å². The lowest BCUT2D eigenvalue weighted by Gasteiger charge is -1.98. The van der Waals surface area contributed by atoms with Crippen molar-refractivity contribution in [1.82, 2.24) is 5.16 Å². The average Bonchev–Trinajstić information content (AvgIpc) is 2.48. The highest BCUT2D eigenvalue weighted by atomic mass is 16.5. The Morgan fingerprint density at radius 3 is 2.50 bits per heavy atom. The fourth-order valence-electron chi connectivity index (χ4n) is 1.48. The monoisotopic (exact) mass is 187 g/mol. The Bertz CT molecular complexity index is 457. The van der Waals surface area contributed by atoms with Gasteiger partial charge in [0.05, 0.1) is 0 Å². The van der Waals surface area contributed by atoms with Crippen molar-refractivity contribution in [2.24, 2.45) is 0 Å². The second-order valence-corrected chi connectivity index (χ2v) is 3.58. The van der Waals surface area contributed by atoms with Gasteiger partial charge in [-0.05, 0) is 26.8 Å². The van der Waals surface area contributed by atoms with E-state index in [1.165, 1.54) is 5.56 Å². The fourth-order valence-corrected chi connectivity index (χ4v) is 1.48. The normalized spacial score (nSPS) is 10.5. The van der Waals surface area contributed by atoms with Crippen molar-refractivity contribution in [2.75, 3.05) is 0 Å². The molecule has 0 aliphatic carbocycles. The molecule has 1 aromatic heterocycles. The first-order valence-corrected chi connectivity index (χ1v) is 4.68. The van der Waals surface area contributed by atoms with Gasteiger partial charge in [-0.25, -0.2) is 0 Å². The van der Waals surface area contributed by atoms with E-state index in [1.807, 2.05) is 19.9 Å². The first kappa shape index (κ1) is 9.00. The number of aromatic nitrogens is 1. The van der Waals surface area contributed by atoms with Gasteiger partial charge in [0.25, 0.3) is 0 Å². The van der Waals surface area contributed by atoms with E-state index in [9.17, 15) is 0 Å². The van der Waals surface area contributed by atoms with E-state index in [0.717, 1.165) is 22.6 Å². The van der Waals surface area contributed by atoms with Crippen LogP contribution in [0.4, 0.5) is 0 Å². The van der Waals surface area contributed by atoms with Crippen LogP contribution in [-0.4, -0.2) is 5.16 Å². The van der Waals surface area contributed by atoms with E-state index in [2.05, 4.69) is 30.3 Å². The molecule has 14 heavy (non-hydrogen) atoms. The van der Waals surface area contributed by atoms with Gasteiger partial charge in [-0.2, -0.15) is 0 Å². The zero-order valence-corrected chi connectivity index (χ0v) is 8.66. The summed E-state index contributed by atoms with van der Waals surface area (Å²) in [5.41, 5.74) is 4.43. The summed E-state index contributed by atoms with van der Waals surface area (Å²) < 4.78 is 5.14. The lowest BCUT2D eigenvalue weighted by atomic mass is 10.1. The maximum Gasteiger partial charge on any atom is 0.137 e.